The highest BCUT2D eigenvalue weighted by atomic mass is 127. The Labute approximate surface area is 178 Å². The molecule has 1 aromatic heterocycles. The second-order valence-electron chi connectivity index (χ2n) is 6.72. The van der Waals surface area contributed by atoms with Crippen LogP contribution in [0, 0.1) is 3.57 Å². The number of amides is 1. The van der Waals surface area contributed by atoms with Gasteiger partial charge >= 0.3 is 0 Å². The number of halogens is 1. The second kappa shape index (κ2) is 8.60. The number of nitrogens with one attached hydrogen (secondary N) is 1. The number of carbonyl (C=O) groups is 1. The third-order valence-corrected chi connectivity index (χ3v) is 5.57. The zero-order valence-corrected chi connectivity index (χ0v) is 17.5. The fourth-order valence-corrected chi connectivity index (χ4v) is 3.72. The lowest BCUT2D eigenvalue weighted by Gasteiger charge is -2.17. The van der Waals surface area contributed by atoms with Crippen LogP contribution in [0.15, 0.2) is 72.0 Å². The van der Waals surface area contributed by atoms with Crippen molar-refractivity contribution in [2.45, 2.75) is 12.8 Å². The van der Waals surface area contributed by atoms with Crippen molar-refractivity contribution in [2.24, 2.45) is 5.10 Å². The highest BCUT2D eigenvalue weighted by Crippen LogP contribution is 2.20. The quantitative estimate of drug-likeness (QED) is 0.331. The lowest BCUT2D eigenvalue weighted by molar-refractivity contribution is 0.0955. The molecule has 142 valence electrons. The minimum Gasteiger partial charge on any atom is -0.372 e. The minimum absolute atomic E-state index is 0.211. The Bertz CT molecular complexity index is 971. The summed E-state index contributed by atoms with van der Waals surface area (Å²) >= 11 is 2.29. The van der Waals surface area contributed by atoms with Crippen LogP contribution in [0.1, 0.15) is 28.9 Å². The molecule has 1 saturated heterocycles. The van der Waals surface area contributed by atoms with Gasteiger partial charge in [-0.05, 0) is 96.1 Å². The zero-order valence-electron chi connectivity index (χ0n) is 15.4. The van der Waals surface area contributed by atoms with E-state index >= 15 is 0 Å². The van der Waals surface area contributed by atoms with E-state index in [1.54, 1.807) is 6.21 Å². The molecule has 3 aromatic rings. The Morgan fingerprint density at radius 2 is 1.64 bits per heavy atom. The Balaban J connectivity index is 1.40. The molecule has 28 heavy (non-hydrogen) atoms. The standard InChI is InChI=1S/C22H21IN4O/c23-18-7-11-20(12-8-18)27-15-3-4-21(27)16-24-25-22(28)17-5-9-19(10-6-17)26-13-1-2-14-26/h3-12,15-16H,1-2,13-14H2,(H,25,28)/b24-16-. The first kappa shape index (κ1) is 18.7. The van der Waals surface area contributed by atoms with E-state index in [1.807, 2.05) is 47.2 Å². The fourth-order valence-electron chi connectivity index (χ4n) is 3.36. The number of anilines is 1. The van der Waals surface area contributed by atoms with Gasteiger partial charge in [0.15, 0.2) is 0 Å². The molecule has 5 nitrogen and oxygen atoms in total. The Hall–Kier alpha value is -2.61. The maximum absolute atomic E-state index is 12.4. The zero-order chi connectivity index (χ0) is 19.3. The van der Waals surface area contributed by atoms with Gasteiger partial charge in [0, 0.05) is 39.8 Å². The van der Waals surface area contributed by atoms with Gasteiger partial charge in [-0.15, -0.1) is 0 Å². The SMILES string of the molecule is O=C(N/N=C\c1cccn1-c1ccc(I)cc1)c1ccc(N2CCCC2)cc1. The summed E-state index contributed by atoms with van der Waals surface area (Å²) < 4.78 is 3.21. The third-order valence-electron chi connectivity index (χ3n) is 4.85. The molecule has 0 radical (unpaired) electrons. The molecule has 4 rings (SSSR count). The average Bonchev–Trinajstić information content (AvgIpc) is 3.41. The molecule has 0 atom stereocenters. The lowest BCUT2D eigenvalue weighted by atomic mass is 10.2. The Morgan fingerprint density at radius 1 is 0.964 bits per heavy atom. The van der Waals surface area contributed by atoms with Crippen molar-refractivity contribution >= 4 is 40.4 Å². The molecule has 1 fully saturated rings. The molecular formula is C22H21IN4O. The van der Waals surface area contributed by atoms with Crippen molar-refractivity contribution in [3.05, 3.63) is 81.7 Å². The van der Waals surface area contributed by atoms with E-state index in [0.717, 1.165) is 24.5 Å². The number of hydrogen-bond acceptors (Lipinski definition) is 3. The van der Waals surface area contributed by atoms with Crippen LogP contribution in [-0.4, -0.2) is 29.8 Å². The summed E-state index contributed by atoms with van der Waals surface area (Å²) in [6.45, 7) is 2.19. The van der Waals surface area contributed by atoms with Crippen LogP contribution in [0.5, 0.6) is 0 Å². The van der Waals surface area contributed by atoms with Crippen LogP contribution >= 0.6 is 22.6 Å². The van der Waals surface area contributed by atoms with Crippen molar-refractivity contribution in [2.75, 3.05) is 18.0 Å². The van der Waals surface area contributed by atoms with E-state index in [9.17, 15) is 4.79 Å². The lowest BCUT2D eigenvalue weighted by Crippen LogP contribution is -2.19. The molecule has 1 N–H and O–H groups in total. The number of aromatic nitrogens is 1. The first-order valence-electron chi connectivity index (χ1n) is 9.32. The summed E-state index contributed by atoms with van der Waals surface area (Å²) in [5.41, 5.74) is 6.34. The molecule has 0 unspecified atom stereocenters. The summed E-state index contributed by atoms with van der Waals surface area (Å²) in [7, 11) is 0. The molecule has 2 aromatic carbocycles. The van der Waals surface area contributed by atoms with Crippen LogP contribution in [-0.2, 0) is 0 Å². The van der Waals surface area contributed by atoms with Crippen LogP contribution in [0.4, 0.5) is 5.69 Å². The van der Waals surface area contributed by atoms with Crippen LogP contribution in [0.2, 0.25) is 0 Å². The maximum Gasteiger partial charge on any atom is 0.271 e. The maximum atomic E-state index is 12.4. The first-order valence-corrected chi connectivity index (χ1v) is 10.4. The van der Waals surface area contributed by atoms with E-state index in [2.05, 4.69) is 62.3 Å². The smallest absolute Gasteiger partial charge is 0.271 e. The third kappa shape index (κ3) is 4.27. The summed E-state index contributed by atoms with van der Waals surface area (Å²) in [6.07, 6.45) is 6.11. The summed E-state index contributed by atoms with van der Waals surface area (Å²) in [6, 6.07) is 19.9. The Morgan fingerprint density at radius 3 is 2.36 bits per heavy atom. The number of carbonyl (C=O) groups excluding carboxylic acids is 1. The van der Waals surface area contributed by atoms with E-state index in [-0.39, 0.29) is 5.91 Å². The number of nitrogens with zero attached hydrogens (tertiary/aromatic N) is 3. The van der Waals surface area contributed by atoms with Gasteiger partial charge < -0.3 is 9.47 Å². The molecular weight excluding hydrogens is 463 g/mol. The van der Waals surface area contributed by atoms with Crippen LogP contribution in [0.3, 0.4) is 0 Å². The fraction of sp³-hybridized carbons (Fsp3) is 0.182. The molecule has 0 spiro atoms. The van der Waals surface area contributed by atoms with Crippen molar-refractivity contribution in [1.29, 1.82) is 0 Å². The van der Waals surface area contributed by atoms with E-state index in [0.29, 0.717) is 5.56 Å². The number of hydrazone groups is 1. The van der Waals surface area contributed by atoms with E-state index in [4.69, 9.17) is 0 Å². The normalized spacial score (nSPS) is 14.0. The Kier molecular flexibility index (Phi) is 5.76. The number of rotatable bonds is 5. The van der Waals surface area contributed by atoms with Crippen molar-refractivity contribution in [3.63, 3.8) is 0 Å². The van der Waals surface area contributed by atoms with E-state index in [1.165, 1.54) is 22.1 Å². The number of hydrogen-bond donors (Lipinski definition) is 1. The molecule has 0 bridgehead atoms. The second-order valence-corrected chi connectivity index (χ2v) is 7.97. The topological polar surface area (TPSA) is 49.6 Å². The number of benzene rings is 2. The molecule has 2 heterocycles. The summed E-state index contributed by atoms with van der Waals surface area (Å²) in [4.78, 5) is 14.7. The molecule has 0 aliphatic carbocycles. The highest BCUT2D eigenvalue weighted by Gasteiger charge is 2.13. The van der Waals surface area contributed by atoms with Gasteiger partial charge in [-0.2, -0.15) is 5.10 Å². The molecule has 0 saturated carbocycles. The molecule has 1 aliphatic heterocycles. The summed E-state index contributed by atoms with van der Waals surface area (Å²) in [5, 5.41) is 4.14. The van der Waals surface area contributed by atoms with Crippen molar-refractivity contribution in [1.82, 2.24) is 9.99 Å². The molecule has 1 amide bonds. The monoisotopic (exact) mass is 484 g/mol. The van der Waals surface area contributed by atoms with Gasteiger partial charge in [0.2, 0.25) is 0 Å². The largest absolute Gasteiger partial charge is 0.372 e. The van der Waals surface area contributed by atoms with Gasteiger partial charge in [0.05, 0.1) is 11.9 Å². The molecule has 6 heteroatoms. The molecule has 1 aliphatic rings. The summed E-state index contributed by atoms with van der Waals surface area (Å²) in [5.74, 6) is -0.211. The predicted octanol–water partition coefficient (Wildman–Crippen LogP) is 4.45. The van der Waals surface area contributed by atoms with Gasteiger partial charge in [-0.3, -0.25) is 4.79 Å². The van der Waals surface area contributed by atoms with Gasteiger partial charge in [-0.25, -0.2) is 5.43 Å². The average molecular weight is 484 g/mol. The van der Waals surface area contributed by atoms with Gasteiger partial charge in [-0.1, -0.05) is 0 Å². The minimum atomic E-state index is -0.211. The predicted molar refractivity (Wildman–Crippen MR) is 121 cm³/mol. The van der Waals surface area contributed by atoms with Crippen molar-refractivity contribution in [3.8, 4) is 5.69 Å². The van der Waals surface area contributed by atoms with Crippen LogP contribution < -0.4 is 10.3 Å². The highest BCUT2D eigenvalue weighted by molar-refractivity contribution is 14.1. The van der Waals surface area contributed by atoms with Gasteiger partial charge in [0.25, 0.3) is 5.91 Å². The van der Waals surface area contributed by atoms with E-state index < -0.39 is 0 Å². The van der Waals surface area contributed by atoms with Crippen molar-refractivity contribution < 1.29 is 4.79 Å². The first-order chi connectivity index (χ1) is 13.7. The van der Waals surface area contributed by atoms with Gasteiger partial charge in [0.1, 0.15) is 0 Å². The van der Waals surface area contributed by atoms with Crippen LogP contribution in [0.25, 0.3) is 5.69 Å².